The van der Waals surface area contributed by atoms with Crippen molar-refractivity contribution in [2.45, 2.75) is 47.1 Å². The quantitative estimate of drug-likeness (QED) is 0.847. The Morgan fingerprint density at radius 1 is 1.13 bits per heavy atom. The lowest BCUT2D eigenvalue weighted by molar-refractivity contribution is 0.0636. The van der Waals surface area contributed by atoms with Crippen LogP contribution >= 0.6 is 0 Å². The van der Waals surface area contributed by atoms with Gasteiger partial charge in [-0.2, -0.15) is 0 Å². The van der Waals surface area contributed by atoms with Gasteiger partial charge in [0.15, 0.2) is 0 Å². The number of hydrogen-bond donors (Lipinski definition) is 1. The third kappa shape index (κ3) is 4.31. The van der Waals surface area contributed by atoms with E-state index in [9.17, 15) is 4.79 Å². The number of nitrogens with zero attached hydrogens (tertiary/aromatic N) is 1. The van der Waals surface area contributed by atoms with Gasteiger partial charge in [0, 0.05) is 11.8 Å². The Labute approximate surface area is 137 Å². The largest absolute Gasteiger partial charge is 0.444 e. The van der Waals surface area contributed by atoms with Gasteiger partial charge >= 0.3 is 6.09 Å². The summed E-state index contributed by atoms with van der Waals surface area (Å²) in [6.45, 7) is 11.7. The fraction of sp³-hybridized carbons (Fsp3) is 0.368. The van der Waals surface area contributed by atoms with Crippen molar-refractivity contribution in [3.8, 4) is 11.1 Å². The maximum atomic E-state index is 12.1. The van der Waals surface area contributed by atoms with Crippen molar-refractivity contribution in [2.75, 3.05) is 5.32 Å². The fourth-order valence-corrected chi connectivity index (χ4v) is 2.73. The van der Waals surface area contributed by atoms with Crippen LogP contribution < -0.4 is 5.32 Å². The van der Waals surface area contributed by atoms with E-state index >= 15 is 0 Å². The molecular weight excluding hydrogens is 288 g/mol. The second kappa shape index (κ2) is 6.41. The normalized spacial score (nSPS) is 11.2. The zero-order chi connectivity index (χ0) is 17.2. The molecule has 4 nitrogen and oxygen atoms in total. The molecule has 1 N–H and O–H groups in total. The Morgan fingerprint density at radius 3 is 2.30 bits per heavy atom. The van der Waals surface area contributed by atoms with Gasteiger partial charge in [0.1, 0.15) is 5.60 Å². The molecule has 1 aromatic carbocycles. The summed E-state index contributed by atoms with van der Waals surface area (Å²) in [5.74, 6) is 0. The van der Waals surface area contributed by atoms with Crippen molar-refractivity contribution in [1.82, 2.24) is 4.98 Å². The molecule has 122 valence electrons. The molecule has 0 saturated carbocycles. The smallest absolute Gasteiger partial charge is 0.412 e. The maximum absolute atomic E-state index is 12.1. The highest BCUT2D eigenvalue weighted by Crippen LogP contribution is 2.33. The van der Waals surface area contributed by atoms with Gasteiger partial charge < -0.3 is 4.74 Å². The Balaban J connectivity index is 2.41. The van der Waals surface area contributed by atoms with E-state index in [1.165, 1.54) is 16.7 Å². The molecule has 2 rings (SSSR count). The molecule has 0 atom stereocenters. The molecule has 0 bridgehead atoms. The Morgan fingerprint density at radius 2 is 1.74 bits per heavy atom. The van der Waals surface area contributed by atoms with Gasteiger partial charge in [-0.1, -0.05) is 17.7 Å². The summed E-state index contributed by atoms with van der Waals surface area (Å²) in [6.07, 6.45) is 2.90. The first kappa shape index (κ1) is 17.0. The van der Waals surface area contributed by atoms with Crippen LogP contribution in [0.5, 0.6) is 0 Å². The van der Waals surface area contributed by atoms with Crippen molar-refractivity contribution in [1.29, 1.82) is 0 Å². The molecule has 0 radical (unpaired) electrons. The maximum Gasteiger partial charge on any atom is 0.412 e. The van der Waals surface area contributed by atoms with E-state index in [1.54, 1.807) is 12.4 Å². The molecule has 4 heteroatoms. The van der Waals surface area contributed by atoms with Crippen molar-refractivity contribution >= 4 is 11.8 Å². The van der Waals surface area contributed by atoms with Crippen LogP contribution in [0.25, 0.3) is 11.1 Å². The SMILES string of the molecule is Cc1cc(C)c(-c2ccncc2NC(=O)OC(C)(C)C)c(C)c1. The topological polar surface area (TPSA) is 51.2 Å². The summed E-state index contributed by atoms with van der Waals surface area (Å²) in [4.78, 5) is 16.2. The number of anilines is 1. The number of hydrogen-bond acceptors (Lipinski definition) is 3. The second-order valence-corrected chi connectivity index (χ2v) is 6.82. The van der Waals surface area contributed by atoms with Crippen LogP contribution in [0.1, 0.15) is 37.5 Å². The summed E-state index contributed by atoms with van der Waals surface area (Å²) in [5, 5.41) is 2.81. The lowest BCUT2D eigenvalue weighted by Crippen LogP contribution is -2.27. The number of carbonyl (C=O) groups excluding carboxylic acids is 1. The molecule has 0 aliphatic carbocycles. The van der Waals surface area contributed by atoms with Gasteiger partial charge in [-0.25, -0.2) is 4.79 Å². The van der Waals surface area contributed by atoms with Gasteiger partial charge in [0.25, 0.3) is 0 Å². The molecular formula is C19H24N2O2. The summed E-state index contributed by atoms with van der Waals surface area (Å²) in [7, 11) is 0. The molecule has 0 aliphatic heterocycles. The standard InChI is InChI=1S/C19H24N2O2/c1-12-9-13(2)17(14(3)10-12)15-7-8-20-11-16(15)21-18(22)23-19(4,5)6/h7-11H,1-6H3,(H,21,22). The average molecular weight is 312 g/mol. The minimum absolute atomic E-state index is 0.478. The predicted octanol–water partition coefficient (Wildman–Crippen LogP) is 5.02. The summed E-state index contributed by atoms with van der Waals surface area (Å²) >= 11 is 0. The van der Waals surface area contributed by atoms with Crippen LogP contribution in [0, 0.1) is 20.8 Å². The number of nitrogens with one attached hydrogen (secondary N) is 1. The number of amides is 1. The summed E-state index contributed by atoms with van der Waals surface area (Å²) in [6, 6.07) is 6.19. The molecule has 1 aromatic heterocycles. The van der Waals surface area contributed by atoms with E-state index in [0.717, 1.165) is 11.1 Å². The van der Waals surface area contributed by atoms with E-state index in [1.807, 2.05) is 26.8 Å². The molecule has 0 fully saturated rings. The lowest BCUT2D eigenvalue weighted by Gasteiger charge is -2.21. The molecule has 0 aliphatic rings. The monoisotopic (exact) mass is 312 g/mol. The minimum atomic E-state index is -0.540. The highest BCUT2D eigenvalue weighted by molar-refractivity contribution is 5.92. The third-order valence-corrected chi connectivity index (χ3v) is 3.40. The van der Waals surface area contributed by atoms with E-state index in [2.05, 4.69) is 43.2 Å². The first-order valence-corrected chi connectivity index (χ1v) is 7.69. The Kier molecular flexibility index (Phi) is 4.73. The predicted molar refractivity (Wildman–Crippen MR) is 93.7 cm³/mol. The zero-order valence-corrected chi connectivity index (χ0v) is 14.7. The summed E-state index contributed by atoms with van der Waals surface area (Å²) in [5.41, 5.74) is 5.73. The van der Waals surface area contributed by atoms with Gasteiger partial charge in [0.05, 0.1) is 11.9 Å². The van der Waals surface area contributed by atoms with Crippen LogP contribution in [0.4, 0.5) is 10.5 Å². The minimum Gasteiger partial charge on any atom is -0.444 e. The first-order valence-electron chi connectivity index (χ1n) is 7.69. The van der Waals surface area contributed by atoms with Crippen molar-refractivity contribution in [2.24, 2.45) is 0 Å². The molecule has 0 unspecified atom stereocenters. The van der Waals surface area contributed by atoms with Crippen LogP contribution in [0.3, 0.4) is 0 Å². The van der Waals surface area contributed by atoms with Gasteiger partial charge in [-0.3, -0.25) is 10.3 Å². The highest BCUT2D eigenvalue weighted by Gasteiger charge is 2.18. The van der Waals surface area contributed by atoms with Crippen LogP contribution in [0.2, 0.25) is 0 Å². The molecule has 0 saturated heterocycles. The Bertz CT molecular complexity index is 707. The highest BCUT2D eigenvalue weighted by atomic mass is 16.6. The fourth-order valence-electron chi connectivity index (χ4n) is 2.73. The van der Waals surface area contributed by atoms with E-state index in [-0.39, 0.29) is 0 Å². The number of pyridine rings is 1. The van der Waals surface area contributed by atoms with Crippen LogP contribution in [-0.4, -0.2) is 16.7 Å². The Hall–Kier alpha value is -2.36. The van der Waals surface area contributed by atoms with Crippen molar-refractivity contribution in [3.05, 3.63) is 47.3 Å². The molecule has 1 amide bonds. The first-order chi connectivity index (χ1) is 10.7. The second-order valence-electron chi connectivity index (χ2n) is 6.82. The van der Waals surface area contributed by atoms with Crippen molar-refractivity contribution < 1.29 is 9.53 Å². The van der Waals surface area contributed by atoms with Gasteiger partial charge in [0.2, 0.25) is 0 Å². The molecule has 23 heavy (non-hydrogen) atoms. The number of aromatic nitrogens is 1. The number of aryl methyl sites for hydroxylation is 3. The number of rotatable bonds is 2. The van der Waals surface area contributed by atoms with E-state index in [4.69, 9.17) is 4.74 Å². The number of ether oxygens (including phenoxy) is 1. The molecule has 1 heterocycles. The molecule has 2 aromatic rings. The lowest BCUT2D eigenvalue weighted by atomic mass is 9.93. The van der Waals surface area contributed by atoms with E-state index < -0.39 is 11.7 Å². The van der Waals surface area contributed by atoms with Crippen molar-refractivity contribution in [3.63, 3.8) is 0 Å². The van der Waals surface area contributed by atoms with E-state index in [0.29, 0.717) is 5.69 Å². The molecule has 0 spiro atoms. The van der Waals surface area contributed by atoms with Gasteiger partial charge in [-0.15, -0.1) is 0 Å². The number of carbonyl (C=O) groups is 1. The zero-order valence-electron chi connectivity index (χ0n) is 14.7. The average Bonchev–Trinajstić information content (AvgIpc) is 2.37. The number of benzene rings is 1. The van der Waals surface area contributed by atoms with Crippen LogP contribution in [0.15, 0.2) is 30.6 Å². The summed E-state index contributed by atoms with van der Waals surface area (Å²) < 4.78 is 5.33. The van der Waals surface area contributed by atoms with Gasteiger partial charge in [-0.05, 0) is 64.3 Å². The van der Waals surface area contributed by atoms with Crippen LogP contribution in [-0.2, 0) is 4.74 Å². The third-order valence-electron chi connectivity index (χ3n) is 3.40.